The number of carbonyl (C=O) groups is 2. The van der Waals surface area contributed by atoms with Gasteiger partial charge in [0.1, 0.15) is 15.8 Å². The van der Waals surface area contributed by atoms with Gasteiger partial charge in [-0.05, 0) is 47.9 Å². The first-order valence-corrected chi connectivity index (χ1v) is 10.2. The van der Waals surface area contributed by atoms with Crippen LogP contribution in [0.5, 0.6) is 11.5 Å². The third-order valence-corrected chi connectivity index (χ3v) is 5.81. The predicted molar refractivity (Wildman–Crippen MR) is 117 cm³/mol. The number of thiocarbonyl (C=S) groups is 1. The highest BCUT2D eigenvalue weighted by Gasteiger charge is 2.26. The van der Waals surface area contributed by atoms with Gasteiger partial charge in [-0.1, -0.05) is 42.2 Å². The summed E-state index contributed by atoms with van der Waals surface area (Å²) < 4.78 is 11.2. The van der Waals surface area contributed by atoms with Crippen LogP contribution in [-0.2, 0) is 16.0 Å². The molecule has 1 saturated heterocycles. The number of nitrogens with zero attached hydrogens (tertiary/aromatic N) is 1. The summed E-state index contributed by atoms with van der Waals surface area (Å²) >= 11 is 6.25. The van der Waals surface area contributed by atoms with Gasteiger partial charge in [-0.25, -0.2) is 0 Å². The lowest BCUT2D eigenvalue weighted by atomic mass is 10.1. The molecule has 29 heavy (non-hydrogen) atoms. The number of fused-ring (bicyclic) bond motifs is 1. The van der Waals surface area contributed by atoms with E-state index < -0.39 is 0 Å². The fraction of sp³-hybridized carbons (Fsp3) is 0.190. The van der Waals surface area contributed by atoms with E-state index in [0.717, 1.165) is 16.9 Å². The molecule has 6 nitrogen and oxygen atoms in total. The zero-order valence-corrected chi connectivity index (χ0v) is 17.3. The van der Waals surface area contributed by atoms with Crippen LogP contribution in [0.1, 0.15) is 11.1 Å². The first-order chi connectivity index (χ1) is 14.0. The second-order valence-electron chi connectivity index (χ2n) is 6.51. The normalized spacial score (nSPS) is 17.2. The lowest BCUT2D eigenvalue weighted by Crippen LogP contribution is -2.40. The largest absolute Gasteiger partial charge is 0.497 e. The molecule has 8 heteroatoms. The summed E-state index contributed by atoms with van der Waals surface area (Å²) in [6.45, 7) is 0.545. The lowest BCUT2D eigenvalue weighted by molar-refractivity contribution is -0.121. The zero-order valence-electron chi connectivity index (χ0n) is 15.6. The molecule has 0 aromatic heterocycles. The Labute approximate surface area is 177 Å². The maximum absolute atomic E-state index is 12.5. The SMILES string of the molecule is COc1ccc(CCN2C(=O)COc3ccc(/C=C4/SC(=S)NC4=O)cc32)cc1. The van der Waals surface area contributed by atoms with Gasteiger partial charge in [0.05, 0.1) is 17.7 Å². The van der Waals surface area contributed by atoms with Crippen LogP contribution in [0.25, 0.3) is 6.08 Å². The van der Waals surface area contributed by atoms with E-state index in [9.17, 15) is 9.59 Å². The van der Waals surface area contributed by atoms with Crippen LogP contribution in [0.4, 0.5) is 5.69 Å². The van der Waals surface area contributed by atoms with Gasteiger partial charge >= 0.3 is 0 Å². The highest BCUT2D eigenvalue weighted by atomic mass is 32.2. The molecule has 0 spiro atoms. The number of benzene rings is 2. The van der Waals surface area contributed by atoms with Gasteiger partial charge in [-0.3, -0.25) is 9.59 Å². The number of hydrogen-bond acceptors (Lipinski definition) is 6. The van der Waals surface area contributed by atoms with Crippen molar-refractivity contribution in [1.82, 2.24) is 5.32 Å². The Morgan fingerprint density at radius 1 is 1.24 bits per heavy atom. The number of amides is 2. The number of thioether (sulfide) groups is 1. The van der Waals surface area contributed by atoms with Crippen molar-refractivity contribution in [2.45, 2.75) is 6.42 Å². The summed E-state index contributed by atoms with van der Waals surface area (Å²) in [5.74, 6) is 1.15. The van der Waals surface area contributed by atoms with Gasteiger partial charge in [0.25, 0.3) is 11.8 Å². The van der Waals surface area contributed by atoms with E-state index in [0.29, 0.717) is 33.6 Å². The highest BCUT2D eigenvalue weighted by Crippen LogP contribution is 2.35. The van der Waals surface area contributed by atoms with Crippen LogP contribution in [-0.4, -0.2) is 36.4 Å². The number of methoxy groups -OCH3 is 1. The van der Waals surface area contributed by atoms with Gasteiger partial charge in [-0.15, -0.1) is 0 Å². The maximum Gasteiger partial charge on any atom is 0.265 e. The molecule has 2 aliphatic rings. The van der Waals surface area contributed by atoms with E-state index in [2.05, 4.69) is 5.32 Å². The van der Waals surface area contributed by atoms with Crippen LogP contribution in [0.3, 0.4) is 0 Å². The van der Waals surface area contributed by atoms with Gasteiger partial charge in [0.15, 0.2) is 6.61 Å². The number of carbonyl (C=O) groups excluding carboxylic acids is 2. The molecule has 1 N–H and O–H groups in total. The average molecular weight is 427 g/mol. The molecule has 4 rings (SSSR count). The molecule has 2 heterocycles. The molecule has 2 aliphatic heterocycles. The molecule has 0 aliphatic carbocycles. The van der Waals surface area contributed by atoms with Crippen molar-refractivity contribution in [3.8, 4) is 11.5 Å². The van der Waals surface area contributed by atoms with Gasteiger partial charge in [-0.2, -0.15) is 0 Å². The third kappa shape index (κ3) is 4.28. The molecule has 0 saturated carbocycles. The Hall–Kier alpha value is -2.84. The van der Waals surface area contributed by atoms with Crippen molar-refractivity contribution >= 4 is 51.9 Å². The third-order valence-electron chi connectivity index (χ3n) is 4.65. The molecular weight excluding hydrogens is 408 g/mol. The van der Waals surface area contributed by atoms with Gasteiger partial charge in [0, 0.05) is 6.54 Å². The van der Waals surface area contributed by atoms with Gasteiger partial charge in [0.2, 0.25) is 0 Å². The first-order valence-electron chi connectivity index (χ1n) is 8.98. The summed E-state index contributed by atoms with van der Waals surface area (Å²) in [4.78, 5) is 26.7. The van der Waals surface area contributed by atoms with Crippen molar-refractivity contribution in [3.05, 3.63) is 58.5 Å². The summed E-state index contributed by atoms with van der Waals surface area (Å²) in [7, 11) is 1.63. The minimum atomic E-state index is -0.207. The zero-order chi connectivity index (χ0) is 20.4. The maximum atomic E-state index is 12.5. The van der Waals surface area contributed by atoms with Crippen LogP contribution >= 0.6 is 24.0 Å². The fourth-order valence-electron chi connectivity index (χ4n) is 3.16. The molecule has 2 aromatic rings. The Morgan fingerprint density at radius 3 is 2.72 bits per heavy atom. The summed E-state index contributed by atoms with van der Waals surface area (Å²) in [6.07, 6.45) is 2.47. The van der Waals surface area contributed by atoms with Crippen molar-refractivity contribution in [2.24, 2.45) is 0 Å². The topological polar surface area (TPSA) is 67.9 Å². The summed E-state index contributed by atoms with van der Waals surface area (Å²) in [5.41, 5.74) is 2.62. The minimum absolute atomic E-state index is 0.0164. The van der Waals surface area contributed by atoms with Crippen LogP contribution < -0.4 is 19.7 Å². The van der Waals surface area contributed by atoms with Crippen molar-refractivity contribution in [3.63, 3.8) is 0 Å². The number of ether oxygens (including phenoxy) is 2. The molecule has 148 valence electrons. The van der Waals surface area contributed by atoms with E-state index in [1.807, 2.05) is 42.5 Å². The molecular formula is C21H18N2O4S2. The van der Waals surface area contributed by atoms with Crippen molar-refractivity contribution in [1.29, 1.82) is 0 Å². The molecule has 2 aromatic carbocycles. The number of hydrogen-bond donors (Lipinski definition) is 1. The van der Waals surface area contributed by atoms with E-state index in [-0.39, 0.29) is 18.4 Å². The van der Waals surface area contributed by atoms with Crippen LogP contribution in [0.15, 0.2) is 47.4 Å². The Morgan fingerprint density at radius 2 is 2.03 bits per heavy atom. The van der Waals surface area contributed by atoms with E-state index in [1.54, 1.807) is 18.1 Å². The monoisotopic (exact) mass is 426 g/mol. The van der Waals surface area contributed by atoms with Crippen molar-refractivity contribution < 1.29 is 19.1 Å². The van der Waals surface area contributed by atoms with E-state index >= 15 is 0 Å². The first kappa shape index (κ1) is 19.5. The molecule has 0 unspecified atom stereocenters. The smallest absolute Gasteiger partial charge is 0.265 e. The lowest BCUT2D eigenvalue weighted by Gasteiger charge is -2.29. The highest BCUT2D eigenvalue weighted by molar-refractivity contribution is 8.26. The number of rotatable bonds is 5. The number of anilines is 1. The second kappa shape index (κ2) is 8.26. The van der Waals surface area contributed by atoms with Gasteiger partial charge < -0.3 is 19.7 Å². The standard InChI is InChI=1S/C21H18N2O4S2/c1-26-15-5-2-13(3-6-15)8-9-23-16-10-14(4-7-17(16)27-12-19(23)24)11-18-20(25)22-21(28)29-18/h2-7,10-11H,8-9,12H2,1H3,(H,22,25,28)/b18-11+. The predicted octanol–water partition coefficient (Wildman–Crippen LogP) is 3.15. The number of nitrogens with one attached hydrogen (secondary N) is 1. The minimum Gasteiger partial charge on any atom is -0.497 e. The fourth-order valence-corrected chi connectivity index (χ4v) is 4.20. The Bertz CT molecular complexity index is 1020. The Balaban J connectivity index is 1.56. The summed E-state index contributed by atoms with van der Waals surface area (Å²) in [6, 6.07) is 13.3. The molecule has 0 bridgehead atoms. The molecule has 1 fully saturated rings. The molecule has 0 radical (unpaired) electrons. The molecule has 2 amide bonds. The second-order valence-corrected chi connectivity index (χ2v) is 8.23. The molecule has 0 atom stereocenters. The average Bonchev–Trinajstić information content (AvgIpc) is 3.04. The Kier molecular flexibility index (Phi) is 5.55. The van der Waals surface area contributed by atoms with Crippen LogP contribution in [0.2, 0.25) is 0 Å². The summed E-state index contributed by atoms with van der Waals surface area (Å²) in [5, 5.41) is 2.60. The quantitative estimate of drug-likeness (QED) is 0.585. The van der Waals surface area contributed by atoms with Crippen LogP contribution in [0, 0.1) is 0 Å². The van der Waals surface area contributed by atoms with Crippen molar-refractivity contribution in [2.75, 3.05) is 25.2 Å². The van der Waals surface area contributed by atoms with E-state index in [1.165, 1.54) is 11.8 Å². The van der Waals surface area contributed by atoms with E-state index in [4.69, 9.17) is 21.7 Å².